The predicted molar refractivity (Wildman–Crippen MR) is 82.2 cm³/mol. The molecule has 1 aromatic carbocycles. The lowest BCUT2D eigenvalue weighted by Crippen LogP contribution is -2.42. The highest BCUT2D eigenvalue weighted by atomic mass is 35.5. The molecule has 8 heteroatoms. The number of rotatable bonds is 2. The van der Waals surface area contributed by atoms with Crippen LogP contribution in [-0.2, 0) is 10.0 Å². The average molecular weight is 351 g/mol. The first-order valence-electron chi connectivity index (χ1n) is 6.55. The minimum absolute atomic E-state index is 0.00129. The molecule has 1 amide bonds. The molecule has 1 heterocycles. The third-order valence-electron chi connectivity index (χ3n) is 3.64. The summed E-state index contributed by atoms with van der Waals surface area (Å²) in [5.41, 5.74) is -0.00129. The minimum atomic E-state index is -4.01. The van der Waals surface area contributed by atoms with E-state index in [1.54, 1.807) is 4.90 Å². The van der Waals surface area contributed by atoms with Gasteiger partial charge in [0.15, 0.2) is 0 Å². The van der Waals surface area contributed by atoms with Crippen LogP contribution in [0.25, 0.3) is 0 Å². The standard InChI is InChI=1S/C13H16Cl2N2O3S/c1-8-4-2-3-7-17(8)13(18)11-9(14)5-6-10(12(11)15)21(16,19)20/h5-6,8H,2-4,7H2,1H3,(H2,16,19,20). The molecule has 0 bridgehead atoms. The number of piperidine rings is 1. The van der Waals surface area contributed by atoms with Gasteiger partial charge in [-0.15, -0.1) is 0 Å². The third kappa shape index (κ3) is 3.34. The summed E-state index contributed by atoms with van der Waals surface area (Å²) in [7, 11) is -4.01. The first-order chi connectivity index (χ1) is 9.73. The molecule has 116 valence electrons. The molecule has 0 aromatic heterocycles. The van der Waals surface area contributed by atoms with Crippen LogP contribution < -0.4 is 5.14 Å². The molecule has 1 aliphatic rings. The maximum absolute atomic E-state index is 12.7. The van der Waals surface area contributed by atoms with Crippen molar-refractivity contribution in [3.8, 4) is 0 Å². The summed E-state index contributed by atoms with van der Waals surface area (Å²) < 4.78 is 23.0. The third-order valence-corrected chi connectivity index (χ3v) is 5.41. The molecule has 21 heavy (non-hydrogen) atoms. The Labute approximate surface area is 134 Å². The van der Waals surface area contributed by atoms with Gasteiger partial charge in [0.25, 0.3) is 5.91 Å². The van der Waals surface area contributed by atoms with Crippen LogP contribution in [0.3, 0.4) is 0 Å². The van der Waals surface area contributed by atoms with E-state index in [4.69, 9.17) is 28.3 Å². The van der Waals surface area contributed by atoms with Crippen molar-refractivity contribution in [2.24, 2.45) is 5.14 Å². The zero-order valence-electron chi connectivity index (χ0n) is 11.5. The van der Waals surface area contributed by atoms with Crippen LogP contribution in [0.5, 0.6) is 0 Å². The molecule has 0 spiro atoms. The topological polar surface area (TPSA) is 80.5 Å². The Bertz CT molecular complexity index is 676. The Balaban J connectivity index is 2.50. The highest BCUT2D eigenvalue weighted by molar-refractivity contribution is 7.89. The van der Waals surface area contributed by atoms with Crippen molar-refractivity contribution >= 4 is 39.1 Å². The van der Waals surface area contributed by atoms with Crippen LogP contribution in [-0.4, -0.2) is 31.8 Å². The average Bonchev–Trinajstić information content (AvgIpc) is 2.37. The molecule has 5 nitrogen and oxygen atoms in total. The van der Waals surface area contributed by atoms with Gasteiger partial charge in [-0.05, 0) is 38.3 Å². The SMILES string of the molecule is CC1CCCCN1C(=O)c1c(Cl)ccc(S(N)(=O)=O)c1Cl. The van der Waals surface area contributed by atoms with E-state index in [9.17, 15) is 13.2 Å². The maximum atomic E-state index is 12.7. The zero-order chi connectivity index (χ0) is 15.8. The molecule has 1 aliphatic heterocycles. The Kier molecular flexibility index (Phi) is 4.82. The summed E-state index contributed by atoms with van der Waals surface area (Å²) >= 11 is 12.1. The molecule has 1 aromatic rings. The van der Waals surface area contributed by atoms with Gasteiger partial charge in [-0.25, -0.2) is 13.6 Å². The molecule has 1 fully saturated rings. The van der Waals surface area contributed by atoms with Gasteiger partial charge in [-0.1, -0.05) is 23.2 Å². The van der Waals surface area contributed by atoms with Crippen LogP contribution in [0.4, 0.5) is 0 Å². The molecule has 1 atom stereocenters. The number of likely N-dealkylation sites (tertiary alicyclic amines) is 1. The second kappa shape index (κ2) is 6.12. The second-order valence-electron chi connectivity index (χ2n) is 5.12. The van der Waals surface area contributed by atoms with E-state index in [-0.39, 0.29) is 32.5 Å². The summed E-state index contributed by atoms with van der Waals surface area (Å²) in [6.07, 6.45) is 2.86. The monoisotopic (exact) mass is 350 g/mol. The van der Waals surface area contributed by atoms with Gasteiger partial charge >= 0.3 is 0 Å². The van der Waals surface area contributed by atoms with Gasteiger partial charge in [0, 0.05) is 12.6 Å². The van der Waals surface area contributed by atoms with Crippen LogP contribution in [0.1, 0.15) is 36.5 Å². The number of benzene rings is 1. The van der Waals surface area contributed by atoms with Crippen LogP contribution in [0, 0.1) is 0 Å². The molecule has 0 aliphatic carbocycles. The number of nitrogens with zero attached hydrogens (tertiary/aromatic N) is 1. The molecular weight excluding hydrogens is 335 g/mol. The fourth-order valence-corrected chi connectivity index (χ4v) is 3.96. The van der Waals surface area contributed by atoms with Crippen molar-refractivity contribution in [2.45, 2.75) is 37.1 Å². The van der Waals surface area contributed by atoms with Crippen molar-refractivity contribution in [1.29, 1.82) is 0 Å². The largest absolute Gasteiger partial charge is 0.336 e. The number of carbonyl (C=O) groups is 1. The van der Waals surface area contributed by atoms with Gasteiger partial charge < -0.3 is 4.90 Å². The number of hydrogen-bond acceptors (Lipinski definition) is 3. The molecule has 1 unspecified atom stereocenters. The van der Waals surface area contributed by atoms with Crippen molar-refractivity contribution < 1.29 is 13.2 Å². The minimum Gasteiger partial charge on any atom is -0.336 e. The summed E-state index contributed by atoms with van der Waals surface area (Å²) in [6, 6.07) is 2.60. The van der Waals surface area contributed by atoms with E-state index in [1.807, 2.05) is 6.92 Å². The number of carbonyl (C=O) groups excluding carboxylic acids is 1. The number of halogens is 2. The fraction of sp³-hybridized carbons (Fsp3) is 0.462. The van der Waals surface area contributed by atoms with Crippen molar-refractivity contribution in [3.05, 3.63) is 27.7 Å². The lowest BCUT2D eigenvalue weighted by atomic mass is 10.0. The zero-order valence-corrected chi connectivity index (χ0v) is 13.8. The van der Waals surface area contributed by atoms with Gasteiger partial charge in [-0.3, -0.25) is 4.79 Å². The first kappa shape index (κ1) is 16.5. The van der Waals surface area contributed by atoms with E-state index < -0.39 is 10.0 Å². The van der Waals surface area contributed by atoms with Crippen LogP contribution >= 0.6 is 23.2 Å². The normalized spacial score (nSPS) is 19.6. The van der Waals surface area contributed by atoms with Gasteiger partial charge in [0.05, 0.1) is 15.6 Å². The quantitative estimate of drug-likeness (QED) is 0.889. The van der Waals surface area contributed by atoms with E-state index in [0.29, 0.717) is 6.54 Å². The molecule has 0 saturated carbocycles. The van der Waals surface area contributed by atoms with Crippen molar-refractivity contribution in [3.63, 3.8) is 0 Å². The number of amides is 1. The van der Waals surface area contributed by atoms with Gasteiger partial charge in [0.2, 0.25) is 10.0 Å². The summed E-state index contributed by atoms with van der Waals surface area (Å²) in [6.45, 7) is 2.55. The number of nitrogens with two attached hydrogens (primary N) is 1. The van der Waals surface area contributed by atoms with E-state index >= 15 is 0 Å². The number of sulfonamides is 1. The van der Waals surface area contributed by atoms with E-state index in [1.165, 1.54) is 12.1 Å². The maximum Gasteiger partial charge on any atom is 0.257 e. The summed E-state index contributed by atoms with van der Waals surface area (Å²) in [4.78, 5) is 14.0. The number of primary sulfonamides is 1. The van der Waals surface area contributed by atoms with Crippen molar-refractivity contribution in [1.82, 2.24) is 4.90 Å². The second-order valence-corrected chi connectivity index (χ2v) is 7.44. The van der Waals surface area contributed by atoms with Gasteiger partial charge in [0.1, 0.15) is 4.90 Å². The highest BCUT2D eigenvalue weighted by Crippen LogP contribution is 2.33. The lowest BCUT2D eigenvalue weighted by Gasteiger charge is -2.34. The smallest absolute Gasteiger partial charge is 0.257 e. The Hall–Kier alpha value is -0.820. The Morgan fingerprint density at radius 3 is 2.57 bits per heavy atom. The lowest BCUT2D eigenvalue weighted by molar-refractivity contribution is 0.0636. The molecule has 0 radical (unpaired) electrons. The molecule has 2 N–H and O–H groups in total. The van der Waals surface area contributed by atoms with Crippen LogP contribution in [0.15, 0.2) is 17.0 Å². The number of hydrogen-bond donors (Lipinski definition) is 1. The first-order valence-corrected chi connectivity index (χ1v) is 8.85. The summed E-state index contributed by atoms with van der Waals surface area (Å²) in [5.74, 6) is -0.359. The molecular formula is C13H16Cl2N2O3S. The predicted octanol–water partition coefficient (Wildman–Crippen LogP) is 2.66. The van der Waals surface area contributed by atoms with Crippen molar-refractivity contribution in [2.75, 3.05) is 6.54 Å². The van der Waals surface area contributed by atoms with E-state index in [0.717, 1.165) is 19.3 Å². The van der Waals surface area contributed by atoms with E-state index in [2.05, 4.69) is 0 Å². The molecule has 2 rings (SSSR count). The van der Waals surface area contributed by atoms with Crippen LogP contribution in [0.2, 0.25) is 10.0 Å². The molecule has 1 saturated heterocycles. The van der Waals surface area contributed by atoms with Gasteiger partial charge in [-0.2, -0.15) is 0 Å². The Morgan fingerprint density at radius 2 is 2.00 bits per heavy atom. The Morgan fingerprint density at radius 1 is 1.33 bits per heavy atom. The highest BCUT2D eigenvalue weighted by Gasteiger charge is 2.29. The fourth-order valence-electron chi connectivity index (χ4n) is 2.49. The summed E-state index contributed by atoms with van der Waals surface area (Å²) in [5, 5.41) is 5.01.